The number of fused-ring (bicyclic) bond motifs is 1. The molecule has 3 N–H and O–H groups in total. The maximum Gasteiger partial charge on any atom is 0.220 e. The molecule has 0 atom stereocenters. The minimum Gasteiger partial charge on any atom is -0.356 e. The molecule has 0 saturated carbocycles. The van der Waals surface area contributed by atoms with Crippen LogP contribution in [0.2, 0.25) is 0 Å². The molecule has 1 aromatic carbocycles. The fourth-order valence-corrected chi connectivity index (χ4v) is 2.63. The summed E-state index contributed by atoms with van der Waals surface area (Å²) in [6.45, 7) is 4.56. The summed E-state index contributed by atoms with van der Waals surface area (Å²) in [5.41, 5.74) is 8.32. The summed E-state index contributed by atoms with van der Waals surface area (Å²) < 4.78 is 0. The summed E-state index contributed by atoms with van der Waals surface area (Å²) in [4.78, 5) is 13.9. The molecule has 20 heavy (non-hydrogen) atoms. The van der Waals surface area contributed by atoms with Gasteiger partial charge in [-0.3, -0.25) is 9.69 Å². The third-order valence-electron chi connectivity index (χ3n) is 3.79. The van der Waals surface area contributed by atoms with Gasteiger partial charge < -0.3 is 11.1 Å². The summed E-state index contributed by atoms with van der Waals surface area (Å²) in [6, 6.07) is 8.67. The number of nitrogens with one attached hydrogen (secondary N) is 1. The highest BCUT2D eigenvalue weighted by Gasteiger charge is 2.14. The first-order valence-corrected chi connectivity index (χ1v) is 7.55. The Hall–Kier alpha value is -1.39. The van der Waals surface area contributed by atoms with Gasteiger partial charge in [-0.1, -0.05) is 24.3 Å². The summed E-state index contributed by atoms with van der Waals surface area (Å²) in [7, 11) is 0. The van der Waals surface area contributed by atoms with E-state index < -0.39 is 0 Å². The molecule has 0 bridgehead atoms. The lowest BCUT2D eigenvalue weighted by molar-refractivity contribution is -0.121. The number of rotatable bonds is 7. The predicted molar refractivity (Wildman–Crippen MR) is 81.3 cm³/mol. The highest BCUT2D eigenvalue weighted by atomic mass is 16.1. The standard InChI is InChI=1S/C16H25N3O/c17-9-3-7-16(20)18-10-4-11-19-12-8-14-5-1-2-6-15(14)13-19/h1-2,5-6H,3-4,7-13,17H2,(H,18,20). The molecule has 2 rings (SSSR count). The number of benzene rings is 1. The first-order chi connectivity index (χ1) is 9.79. The van der Waals surface area contributed by atoms with Gasteiger partial charge in [0.25, 0.3) is 0 Å². The van der Waals surface area contributed by atoms with Crippen LogP contribution >= 0.6 is 0 Å². The van der Waals surface area contributed by atoms with Crippen molar-refractivity contribution in [2.45, 2.75) is 32.2 Å². The molecule has 0 aromatic heterocycles. The average molecular weight is 275 g/mol. The quantitative estimate of drug-likeness (QED) is 0.737. The molecule has 1 aromatic rings. The van der Waals surface area contributed by atoms with Crippen molar-refractivity contribution < 1.29 is 4.79 Å². The van der Waals surface area contributed by atoms with Gasteiger partial charge in [0, 0.05) is 32.6 Å². The van der Waals surface area contributed by atoms with E-state index in [2.05, 4.69) is 34.5 Å². The van der Waals surface area contributed by atoms with Gasteiger partial charge in [-0.25, -0.2) is 0 Å². The Balaban J connectivity index is 1.63. The summed E-state index contributed by atoms with van der Waals surface area (Å²) >= 11 is 0. The monoisotopic (exact) mass is 275 g/mol. The van der Waals surface area contributed by atoms with Crippen molar-refractivity contribution in [1.29, 1.82) is 0 Å². The van der Waals surface area contributed by atoms with Gasteiger partial charge in [0.15, 0.2) is 0 Å². The lowest BCUT2D eigenvalue weighted by Gasteiger charge is -2.28. The third kappa shape index (κ3) is 4.62. The lowest BCUT2D eigenvalue weighted by Crippen LogP contribution is -2.33. The van der Waals surface area contributed by atoms with E-state index in [0.717, 1.165) is 45.4 Å². The van der Waals surface area contributed by atoms with Crippen LogP contribution in [0.4, 0.5) is 0 Å². The Morgan fingerprint density at radius 1 is 1.25 bits per heavy atom. The Bertz CT molecular complexity index is 433. The molecule has 0 unspecified atom stereocenters. The second-order valence-corrected chi connectivity index (χ2v) is 5.39. The first kappa shape index (κ1) is 15.0. The molecule has 1 amide bonds. The molecular formula is C16H25N3O. The van der Waals surface area contributed by atoms with Crippen LogP contribution in [0.1, 0.15) is 30.4 Å². The van der Waals surface area contributed by atoms with E-state index in [1.807, 2.05) is 0 Å². The summed E-state index contributed by atoms with van der Waals surface area (Å²) in [6.07, 6.45) is 3.47. The largest absolute Gasteiger partial charge is 0.356 e. The Kier molecular flexibility index (Phi) is 6.02. The number of nitrogens with zero attached hydrogens (tertiary/aromatic N) is 1. The molecule has 0 saturated heterocycles. The zero-order chi connectivity index (χ0) is 14.2. The Labute approximate surface area is 121 Å². The van der Waals surface area contributed by atoms with Crippen molar-refractivity contribution in [3.05, 3.63) is 35.4 Å². The van der Waals surface area contributed by atoms with E-state index in [-0.39, 0.29) is 5.91 Å². The third-order valence-corrected chi connectivity index (χ3v) is 3.79. The van der Waals surface area contributed by atoms with Gasteiger partial charge in [0.05, 0.1) is 0 Å². The molecule has 0 aliphatic carbocycles. The Morgan fingerprint density at radius 2 is 2.05 bits per heavy atom. The zero-order valence-corrected chi connectivity index (χ0v) is 12.1. The molecule has 110 valence electrons. The summed E-state index contributed by atoms with van der Waals surface area (Å²) in [5.74, 6) is 0.124. The fraction of sp³-hybridized carbons (Fsp3) is 0.562. The topological polar surface area (TPSA) is 58.4 Å². The molecule has 0 spiro atoms. The maximum absolute atomic E-state index is 11.4. The van der Waals surface area contributed by atoms with Gasteiger partial charge in [-0.2, -0.15) is 0 Å². The van der Waals surface area contributed by atoms with Crippen LogP contribution in [0.3, 0.4) is 0 Å². The van der Waals surface area contributed by atoms with Crippen molar-refractivity contribution in [3.63, 3.8) is 0 Å². The maximum atomic E-state index is 11.4. The number of carbonyl (C=O) groups excluding carboxylic acids is 1. The minimum atomic E-state index is 0.124. The van der Waals surface area contributed by atoms with Gasteiger partial charge in [-0.15, -0.1) is 0 Å². The van der Waals surface area contributed by atoms with Crippen LogP contribution in [0, 0.1) is 0 Å². The van der Waals surface area contributed by atoms with Crippen molar-refractivity contribution in [1.82, 2.24) is 10.2 Å². The first-order valence-electron chi connectivity index (χ1n) is 7.55. The molecule has 4 nitrogen and oxygen atoms in total. The lowest BCUT2D eigenvalue weighted by atomic mass is 10.00. The van der Waals surface area contributed by atoms with Crippen LogP contribution in [-0.2, 0) is 17.8 Å². The second-order valence-electron chi connectivity index (χ2n) is 5.39. The van der Waals surface area contributed by atoms with Crippen molar-refractivity contribution in [2.75, 3.05) is 26.2 Å². The molecule has 1 aliphatic heterocycles. The highest BCUT2D eigenvalue weighted by molar-refractivity contribution is 5.75. The molecule has 0 fully saturated rings. The van der Waals surface area contributed by atoms with E-state index in [4.69, 9.17) is 5.73 Å². The zero-order valence-electron chi connectivity index (χ0n) is 12.1. The number of nitrogens with two attached hydrogens (primary N) is 1. The van der Waals surface area contributed by atoms with Crippen molar-refractivity contribution in [2.24, 2.45) is 5.73 Å². The van der Waals surface area contributed by atoms with Gasteiger partial charge in [0.1, 0.15) is 0 Å². The number of hydrogen-bond donors (Lipinski definition) is 2. The second kappa shape index (κ2) is 8.02. The van der Waals surface area contributed by atoms with E-state index in [1.54, 1.807) is 0 Å². The summed E-state index contributed by atoms with van der Waals surface area (Å²) in [5, 5.41) is 2.96. The van der Waals surface area contributed by atoms with Crippen LogP contribution in [0.25, 0.3) is 0 Å². The van der Waals surface area contributed by atoms with E-state index in [0.29, 0.717) is 13.0 Å². The molecule has 1 heterocycles. The van der Waals surface area contributed by atoms with Crippen LogP contribution in [0.15, 0.2) is 24.3 Å². The number of hydrogen-bond acceptors (Lipinski definition) is 3. The van der Waals surface area contributed by atoms with Crippen LogP contribution < -0.4 is 11.1 Å². The molecule has 1 aliphatic rings. The molecule has 4 heteroatoms. The number of amides is 1. The minimum absolute atomic E-state index is 0.124. The normalized spacial score (nSPS) is 14.8. The average Bonchev–Trinajstić information content (AvgIpc) is 2.49. The van der Waals surface area contributed by atoms with Gasteiger partial charge in [-0.05, 0) is 36.9 Å². The van der Waals surface area contributed by atoms with Crippen LogP contribution in [-0.4, -0.2) is 37.0 Å². The van der Waals surface area contributed by atoms with E-state index in [9.17, 15) is 4.79 Å². The van der Waals surface area contributed by atoms with Gasteiger partial charge in [0.2, 0.25) is 5.91 Å². The predicted octanol–water partition coefficient (Wildman–Crippen LogP) is 1.29. The van der Waals surface area contributed by atoms with E-state index in [1.165, 1.54) is 11.1 Å². The molecular weight excluding hydrogens is 250 g/mol. The van der Waals surface area contributed by atoms with Crippen molar-refractivity contribution in [3.8, 4) is 0 Å². The van der Waals surface area contributed by atoms with Crippen molar-refractivity contribution >= 4 is 5.91 Å². The van der Waals surface area contributed by atoms with E-state index >= 15 is 0 Å². The van der Waals surface area contributed by atoms with Crippen LogP contribution in [0.5, 0.6) is 0 Å². The smallest absolute Gasteiger partial charge is 0.220 e. The fourth-order valence-electron chi connectivity index (χ4n) is 2.63. The Morgan fingerprint density at radius 3 is 2.85 bits per heavy atom. The number of carbonyl (C=O) groups is 1. The van der Waals surface area contributed by atoms with Gasteiger partial charge >= 0.3 is 0 Å². The molecule has 0 radical (unpaired) electrons. The SMILES string of the molecule is NCCCC(=O)NCCCN1CCc2ccccc2C1. The highest BCUT2D eigenvalue weighted by Crippen LogP contribution is 2.18.